The van der Waals surface area contributed by atoms with Gasteiger partial charge in [-0.3, -0.25) is 4.99 Å². The lowest BCUT2D eigenvalue weighted by Crippen LogP contribution is -2.53. The van der Waals surface area contributed by atoms with E-state index in [1.807, 2.05) is 6.07 Å². The van der Waals surface area contributed by atoms with Gasteiger partial charge in [0.15, 0.2) is 5.96 Å². The predicted molar refractivity (Wildman–Crippen MR) is 114 cm³/mol. The fourth-order valence-corrected chi connectivity index (χ4v) is 4.10. The van der Waals surface area contributed by atoms with Crippen LogP contribution in [0.5, 0.6) is 0 Å². The van der Waals surface area contributed by atoms with Crippen molar-refractivity contribution in [2.45, 2.75) is 18.4 Å². The molecule has 30 heavy (non-hydrogen) atoms. The largest absolute Gasteiger partial charge is 0.450 e. The van der Waals surface area contributed by atoms with Gasteiger partial charge in [-0.25, -0.2) is 17.9 Å². The first-order valence-electron chi connectivity index (χ1n) is 9.86. The van der Waals surface area contributed by atoms with Crippen LogP contribution in [-0.2, 0) is 26.0 Å². The Bertz CT molecular complexity index is 822. The number of piperazine rings is 1. The van der Waals surface area contributed by atoms with Gasteiger partial charge in [-0.15, -0.1) is 0 Å². The Labute approximate surface area is 178 Å². The zero-order chi connectivity index (χ0) is 22.0. The molecule has 2 N–H and O–H groups in total. The SMILES string of the molecule is CCOC(=O)N1CCN(C(=NC)NCc2cccc(S(=O)(=O)NCCOC)c2)CC1. The van der Waals surface area contributed by atoms with Crippen LogP contribution < -0.4 is 10.0 Å². The first-order chi connectivity index (χ1) is 14.4. The van der Waals surface area contributed by atoms with Crippen LogP contribution in [0.15, 0.2) is 34.2 Å². The minimum atomic E-state index is -3.59. The summed E-state index contributed by atoms with van der Waals surface area (Å²) in [6, 6.07) is 6.76. The molecule has 1 heterocycles. The van der Waals surface area contributed by atoms with Crippen molar-refractivity contribution in [2.75, 3.05) is 60.1 Å². The number of methoxy groups -OCH3 is 1. The quantitative estimate of drug-likeness (QED) is 0.342. The summed E-state index contributed by atoms with van der Waals surface area (Å²) >= 11 is 0. The van der Waals surface area contributed by atoms with Gasteiger partial charge in [0.25, 0.3) is 0 Å². The van der Waals surface area contributed by atoms with Crippen LogP contribution >= 0.6 is 0 Å². The molecule has 1 fully saturated rings. The van der Waals surface area contributed by atoms with Crippen LogP contribution in [0.4, 0.5) is 4.79 Å². The molecule has 0 atom stereocenters. The van der Waals surface area contributed by atoms with Crippen LogP contribution in [-0.4, -0.2) is 90.4 Å². The topological polar surface area (TPSA) is 113 Å². The fraction of sp³-hybridized carbons (Fsp3) is 0.579. The van der Waals surface area contributed by atoms with Crippen molar-refractivity contribution in [3.05, 3.63) is 29.8 Å². The molecule has 1 aliphatic rings. The molecular weight excluding hydrogens is 410 g/mol. The van der Waals surface area contributed by atoms with Gasteiger partial charge in [0.05, 0.1) is 18.1 Å². The highest BCUT2D eigenvalue weighted by molar-refractivity contribution is 7.89. The highest BCUT2D eigenvalue weighted by Crippen LogP contribution is 2.12. The van der Waals surface area contributed by atoms with E-state index in [0.29, 0.717) is 51.9 Å². The van der Waals surface area contributed by atoms with E-state index in [9.17, 15) is 13.2 Å². The Morgan fingerprint density at radius 2 is 1.90 bits per heavy atom. The van der Waals surface area contributed by atoms with Gasteiger partial charge < -0.3 is 24.6 Å². The number of carbonyl (C=O) groups is 1. The summed E-state index contributed by atoms with van der Waals surface area (Å²) in [5.74, 6) is 0.699. The van der Waals surface area contributed by atoms with E-state index < -0.39 is 10.0 Å². The number of carbonyl (C=O) groups excluding carboxylic acids is 1. The van der Waals surface area contributed by atoms with Gasteiger partial charge in [-0.2, -0.15) is 0 Å². The molecule has 2 rings (SSSR count). The second kappa shape index (κ2) is 11.7. The van der Waals surface area contributed by atoms with Crippen molar-refractivity contribution in [1.29, 1.82) is 0 Å². The number of hydrogen-bond donors (Lipinski definition) is 2. The normalized spacial score (nSPS) is 15.2. The number of nitrogens with one attached hydrogen (secondary N) is 2. The Morgan fingerprint density at radius 3 is 2.53 bits per heavy atom. The number of hydrogen-bond acceptors (Lipinski definition) is 6. The van der Waals surface area contributed by atoms with Crippen LogP contribution in [0.3, 0.4) is 0 Å². The van der Waals surface area contributed by atoms with E-state index in [0.717, 1.165) is 5.56 Å². The Balaban J connectivity index is 1.92. The predicted octanol–water partition coefficient (Wildman–Crippen LogP) is 0.461. The summed E-state index contributed by atoms with van der Waals surface area (Å²) in [6.45, 7) is 5.47. The van der Waals surface area contributed by atoms with Crippen LogP contribution in [0.25, 0.3) is 0 Å². The number of amides is 1. The van der Waals surface area contributed by atoms with E-state index in [-0.39, 0.29) is 17.5 Å². The minimum absolute atomic E-state index is 0.205. The van der Waals surface area contributed by atoms with E-state index in [1.165, 1.54) is 7.11 Å². The molecule has 0 spiro atoms. The van der Waals surface area contributed by atoms with Gasteiger partial charge in [-0.05, 0) is 24.6 Å². The zero-order valence-corrected chi connectivity index (χ0v) is 18.6. The molecule has 1 saturated heterocycles. The molecular formula is C19H31N5O5S. The summed E-state index contributed by atoms with van der Waals surface area (Å²) in [7, 11) is -0.373. The van der Waals surface area contributed by atoms with Crippen molar-refractivity contribution in [2.24, 2.45) is 4.99 Å². The standard InChI is InChI=1S/C19H31N5O5S/c1-4-29-19(25)24-11-9-23(10-12-24)18(20-2)21-15-16-6-5-7-17(14-16)30(26,27)22-8-13-28-3/h5-7,14,22H,4,8-13,15H2,1-3H3,(H,20,21). The number of ether oxygens (including phenoxy) is 2. The summed E-state index contributed by atoms with van der Waals surface area (Å²) in [4.78, 5) is 20.1. The first-order valence-corrected chi connectivity index (χ1v) is 11.3. The maximum absolute atomic E-state index is 12.4. The highest BCUT2D eigenvalue weighted by Gasteiger charge is 2.23. The Kier molecular flexibility index (Phi) is 9.34. The Hall–Kier alpha value is -2.37. The number of nitrogens with zero attached hydrogens (tertiary/aromatic N) is 3. The van der Waals surface area contributed by atoms with Gasteiger partial charge in [-0.1, -0.05) is 12.1 Å². The van der Waals surface area contributed by atoms with E-state index in [1.54, 1.807) is 37.1 Å². The van der Waals surface area contributed by atoms with Gasteiger partial charge in [0.2, 0.25) is 10.0 Å². The molecule has 0 aromatic heterocycles. The molecule has 0 aliphatic carbocycles. The third kappa shape index (κ3) is 6.85. The molecule has 1 amide bonds. The maximum Gasteiger partial charge on any atom is 0.409 e. The van der Waals surface area contributed by atoms with Crippen molar-refractivity contribution < 1.29 is 22.7 Å². The summed E-state index contributed by atoms with van der Waals surface area (Å²) < 4.78 is 37.2. The van der Waals surface area contributed by atoms with Gasteiger partial charge in [0.1, 0.15) is 0 Å². The molecule has 0 bridgehead atoms. The molecule has 1 aliphatic heterocycles. The third-order valence-electron chi connectivity index (χ3n) is 4.57. The van der Waals surface area contributed by atoms with Crippen LogP contribution in [0.1, 0.15) is 12.5 Å². The van der Waals surface area contributed by atoms with Crippen molar-refractivity contribution in [3.63, 3.8) is 0 Å². The fourth-order valence-electron chi connectivity index (χ4n) is 3.01. The molecule has 1 aromatic carbocycles. The lowest BCUT2D eigenvalue weighted by molar-refractivity contribution is 0.0914. The average molecular weight is 442 g/mol. The zero-order valence-electron chi connectivity index (χ0n) is 17.8. The smallest absolute Gasteiger partial charge is 0.409 e. The summed E-state index contributed by atoms with van der Waals surface area (Å²) in [5, 5.41) is 3.26. The van der Waals surface area contributed by atoms with Crippen molar-refractivity contribution in [1.82, 2.24) is 19.8 Å². The number of sulfonamides is 1. The number of benzene rings is 1. The molecule has 11 heteroatoms. The van der Waals surface area contributed by atoms with Crippen LogP contribution in [0, 0.1) is 0 Å². The summed E-state index contributed by atoms with van der Waals surface area (Å²) in [6.07, 6.45) is -0.294. The molecule has 10 nitrogen and oxygen atoms in total. The van der Waals surface area contributed by atoms with Crippen molar-refractivity contribution >= 4 is 22.1 Å². The second-order valence-corrected chi connectivity index (χ2v) is 8.38. The van der Waals surface area contributed by atoms with Crippen LogP contribution in [0.2, 0.25) is 0 Å². The minimum Gasteiger partial charge on any atom is -0.450 e. The number of rotatable bonds is 8. The highest BCUT2D eigenvalue weighted by atomic mass is 32.2. The molecule has 1 aromatic rings. The number of guanidine groups is 1. The maximum atomic E-state index is 12.4. The lowest BCUT2D eigenvalue weighted by Gasteiger charge is -2.35. The molecule has 0 unspecified atom stereocenters. The molecule has 168 valence electrons. The first kappa shape index (κ1) is 23.9. The average Bonchev–Trinajstić information content (AvgIpc) is 2.75. The third-order valence-corrected chi connectivity index (χ3v) is 6.03. The molecule has 0 saturated carbocycles. The van der Waals surface area contributed by atoms with Gasteiger partial charge in [0, 0.05) is 53.4 Å². The van der Waals surface area contributed by atoms with E-state index in [2.05, 4.69) is 19.9 Å². The lowest BCUT2D eigenvalue weighted by atomic mass is 10.2. The van der Waals surface area contributed by atoms with E-state index in [4.69, 9.17) is 9.47 Å². The Morgan fingerprint density at radius 1 is 1.20 bits per heavy atom. The van der Waals surface area contributed by atoms with E-state index >= 15 is 0 Å². The second-order valence-electron chi connectivity index (χ2n) is 6.61. The van der Waals surface area contributed by atoms with Gasteiger partial charge >= 0.3 is 6.09 Å². The van der Waals surface area contributed by atoms with Crippen molar-refractivity contribution in [3.8, 4) is 0 Å². The number of aliphatic imine (C=N–C) groups is 1. The molecule has 0 radical (unpaired) electrons. The monoisotopic (exact) mass is 441 g/mol. The summed E-state index contributed by atoms with van der Waals surface area (Å²) in [5.41, 5.74) is 0.816.